The van der Waals surface area contributed by atoms with Crippen LogP contribution >= 0.6 is 0 Å². The van der Waals surface area contributed by atoms with Crippen LogP contribution in [0.5, 0.6) is 0 Å². The van der Waals surface area contributed by atoms with Crippen molar-refractivity contribution in [2.75, 3.05) is 6.26 Å². The highest BCUT2D eigenvalue weighted by atomic mass is 32.2. The van der Waals surface area contributed by atoms with E-state index in [-0.39, 0.29) is 10.5 Å². The summed E-state index contributed by atoms with van der Waals surface area (Å²) in [6.07, 6.45) is 3.38. The molecule has 0 N–H and O–H groups in total. The van der Waals surface area contributed by atoms with Crippen LogP contribution in [0.3, 0.4) is 0 Å². The van der Waals surface area contributed by atoms with Crippen molar-refractivity contribution in [3.05, 3.63) is 107 Å². The van der Waals surface area contributed by atoms with Gasteiger partial charge in [0.25, 0.3) is 5.56 Å². The molecule has 0 radical (unpaired) electrons. The quantitative estimate of drug-likeness (QED) is 0.439. The lowest BCUT2D eigenvalue weighted by Gasteiger charge is -2.13. The molecule has 162 valence electrons. The third-order valence-corrected chi connectivity index (χ3v) is 6.35. The van der Waals surface area contributed by atoms with E-state index in [1.54, 1.807) is 30.5 Å². The number of hydrogen-bond donors (Lipinski definition) is 0. The van der Waals surface area contributed by atoms with Gasteiger partial charge >= 0.3 is 0 Å². The molecule has 0 unspecified atom stereocenters. The standard InChI is InChI=1S/C25H21FN2O3S/c1-32(30,31)22-13-9-19(10-14-22)23-17-27-28(16-15-18-5-3-2-4-6-18)25(29)24(23)20-7-11-21(26)12-8-20/h2-14,17H,15-16H2,1H3. The summed E-state index contributed by atoms with van der Waals surface area (Å²) in [7, 11) is -3.34. The van der Waals surface area contributed by atoms with E-state index in [1.165, 1.54) is 28.9 Å². The molecule has 1 heterocycles. The molecule has 4 aromatic rings. The van der Waals surface area contributed by atoms with Gasteiger partial charge in [-0.2, -0.15) is 5.10 Å². The van der Waals surface area contributed by atoms with E-state index in [1.807, 2.05) is 30.3 Å². The zero-order valence-corrected chi connectivity index (χ0v) is 18.2. The predicted molar refractivity (Wildman–Crippen MR) is 123 cm³/mol. The van der Waals surface area contributed by atoms with Gasteiger partial charge in [0.2, 0.25) is 0 Å². The molecule has 3 aromatic carbocycles. The van der Waals surface area contributed by atoms with Gasteiger partial charge in [-0.25, -0.2) is 17.5 Å². The Bertz CT molecular complexity index is 1400. The van der Waals surface area contributed by atoms with Crippen LogP contribution in [-0.2, 0) is 22.8 Å². The Hall–Kier alpha value is -3.58. The van der Waals surface area contributed by atoms with Gasteiger partial charge < -0.3 is 0 Å². The van der Waals surface area contributed by atoms with Crippen molar-refractivity contribution < 1.29 is 12.8 Å². The first kappa shape index (κ1) is 21.6. The van der Waals surface area contributed by atoms with Crippen molar-refractivity contribution in [1.29, 1.82) is 0 Å². The maximum absolute atomic E-state index is 13.5. The lowest BCUT2D eigenvalue weighted by Crippen LogP contribution is -2.26. The van der Waals surface area contributed by atoms with Crippen molar-refractivity contribution in [2.24, 2.45) is 0 Å². The zero-order valence-electron chi connectivity index (χ0n) is 17.4. The first-order valence-electron chi connectivity index (χ1n) is 10.0. The molecular formula is C25H21FN2O3S. The largest absolute Gasteiger partial charge is 0.275 e. The van der Waals surface area contributed by atoms with Gasteiger partial charge in [0.1, 0.15) is 5.82 Å². The summed E-state index contributed by atoms with van der Waals surface area (Å²) in [4.78, 5) is 13.6. The minimum atomic E-state index is -3.34. The minimum absolute atomic E-state index is 0.189. The van der Waals surface area contributed by atoms with Gasteiger partial charge in [0.15, 0.2) is 9.84 Å². The summed E-state index contributed by atoms with van der Waals surface area (Å²) in [5.74, 6) is -0.397. The van der Waals surface area contributed by atoms with E-state index in [4.69, 9.17) is 0 Å². The summed E-state index contributed by atoms with van der Waals surface area (Å²) in [5, 5.41) is 4.36. The summed E-state index contributed by atoms with van der Waals surface area (Å²) in [6, 6.07) is 21.8. The van der Waals surface area contributed by atoms with Crippen LogP contribution in [0.25, 0.3) is 22.3 Å². The van der Waals surface area contributed by atoms with Gasteiger partial charge in [-0.05, 0) is 47.4 Å². The van der Waals surface area contributed by atoms with E-state index in [9.17, 15) is 17.6 Å². The van der Waals surface area contributed by atoms with E-state index in [0.717, 1.165) is 11.8 Å². The lowest BCUT2D eigenvalue weighted by molar-refractivity contribution is 0.580. The molecule has 0 aliphatic heterocycles. The van der Waals surface area contributed by atoms with Crippen molar-refractivity contribution in [3.8, 4) is 22.3 Å². The Morgan fingerprint density at radius 3 is 2.12 bits per heavy atom. The minimum Gasteiger partial charge on any atom is -0.267 e. The molecule has 4 rings (SSSR count). The van der Waals surface area contributed by atoms with Gasteiger partial charge in [-0.3, -0.25) is 4.79 Å². The zero-order chi connectivity index (χ0) is 22.7. The van der Waals surface area contributed by atoms with Gasteiger partial charge in [-0.15, -0.1) is 0 Å². The highest BCUT2D eigenvalue weighted by Gasteiger charge is 2.16. The third-order valence-electron chi connectivity index (χ3n) is 5.23. The molecule has 32 heavy (non-hydrogen) atoms. The van der Waals surface area contributed by atoms with Crippen molar-refractivity contribution in [2.45, 2.75) is 17.9 Å². The molecular weight excluding hydrogens is 427 g/mol. The predicted octanol–water partition coefficient (Wildman–Crippen LogP) is 4.36. The molecule has 0 saturated heterocycles. The summed E-state index contributed by atoms with van der Waals surface area (Å²) in [5.41, 5.74) is 2.95. The molecule has 0 atom stereocenters. The van der Waals surface area contributed by atoms with Gasteiger partial charge in [0.05, 0.1) is 16.7 Å². The van der Waals surface area contributed by atoms with Crippen LogP contribution in [-0.4, -0.2) is 24.5 Å². The Morgan fingerprint density at radius 1 is 0.875 bits per heavy atom. The van der Waals surface area contributed by atoms with E-state index >= 15 is 0 Å². The maximum atomic E-state index is 13.5. The third kappa shape index (κ3) is 4.68. The van der Waals surface area contributed by atoms with Crippen LogP contribution in [0.2, 0.25) is 0 Å². The number of halogens is 1. The normalized spacial score (nSPS) is 11.4. The second kappa shape index (κ2) is 8.88. The average molecular weight is 449 g/mol. The molecule has 0 fully saturated rings. The molecule has 0 aliphatic rings. The maximum Gasteiger partial charge on any atom is 0.275 e. The van der Waals surface area contributed by atoms with Crippen LogP contribution in [0.1, 0.15) is 5.56 Å². The summed E-state index contributed by atoms with van der Waals surface area (Å²) >= 11 is 0. The Kier molecular flexibility index (Phi) is 6.01. The van der Waals surface area contributed by atoms with Gasteiger partial charge in [-0.1, -0.05) is 54.6 Å². The van der Waals surface area contributed by atoms with Crippen LogP contribution in [0.4, 0.5) is 4.39 Å². The fraction of sp³-hybridized carbons (Fsp3) is 0.120. The topological polar surface area (TPSA) is 69.0 Å². The first-order valence-corrected chi connectivity index (χ1v) is 11.9. The molecule has 0 amide bonds. The van der Waals surface area contributed by atoms with Crippen molar-refractivity contribution >= 4 is 9.84 Å². The fourth-order valence-corrected chi connectivity index (χ4v) is 4.15. The molecule has 1 aromatic heterocycles. The van der Waals surface area contributed by atoms with Crippen LogP contribution < -0.4 is 5.56 Å². The second-order valence-corrected chi connectivity index (χ2v) is 9.52. The number of aromatic nitrogens is 2. The Morgan fingerprint density at radius 2 is 1.50 bits per heavy atom. The van der Waals surface area contributed by atoms with Crippen LogP contribution in [0, 0.1) is 5.82 Å². The summed E-state index contributed by atoms with van der Waals surface area (Å²) in [6.45, 7) is 0.393. The molecule has 0 bridgehead atoms. The number of aryl methyl sites for hydroxylation is 2. The average Bonchev–Trinajstić information content (AvgIpc) is 2.79. The molecule has 0 saturated carbocycles. The van der Waals surface area contributed by atoms with Crippen molar-refractivity contribution in [1.82, 2.24) is 9.78 Å². The van der Waals surface area contributed by atoms with E-state index < -0.39 is 15.7 Å². The number of nitrogens with zero attached hydrogens (tertiary/aromatic N) is 2. The number of hydrogen-bond acceptors (Lipinski definition) is 4. The smallest absolute Gasteiger partial charge is 0.267 e. The highest BCUT2D eigenvalue weighted by Crippen LogP contribution is 2.29. The lowest BCUT2D eigenvalue weighted by atomic mass is 9.97. The SMILES string of the molecule is CS(=O)(=O)c1ccc(-c2cnn(CCc3ccccc3)c(=O)c2-c2ccc(F)cc2)cc1. The molecule has 0 aliphatic carbocycles. The molecule has 7 heteroatoms. The highest BCUT2D eigenvalue weighted by molar-refractivity contribution is 7.90. The van der Waals surface area contributed by atoms with Crippen molar-refractivity contribution in [3.63, 3.8) is 0 Å². The number of sulfone groups is 1. The van der Waals surface area contributed by atoms with E-state index in [0.29, 0.717) is 35.2 Å². The molecule has 5 nitrogen and oxygen atoms in total. The number of benzene rings is 3. The Balaban J connectivity index is 1.80. The Labute approximate surface area is 185 Å². The summed E-state index contributed by atoms with van der Waals surface area (Å²) < 4.78 is 38.5. The molecule has 0 spiro atoms. The fourth-order valence-electron chi connectivity index (χ4n) is 3.52. The van der Waals surface area contributed by atoms with Gasteiger partial charge in [0, 0.05) is 18.4 Å². The van der Waals surface area contributed by atoms with E-state index in [2.05, 4.69) is 5.10 Å². The second-order valence-electron chi connectivity index (χ2n) is 7.50. The monoisotopic (exact) mass is 448 g/mol. The first-order chi connectivity index (χ1) is 15.3. The van der Waals surface area contributed by atoms with Crippen LogP contribution in [0.15, 0.2) is 94.7 Å². The number of rotatable bonds is 6.